The quantitative estimate of drug-likeness (QED) is 0.789. The summed E-state index contributed by atoms with van der Waals surface area (Å²) in [5.41, 5.74) is 0. The number of hydrogen-bond donors (Lipinski definition) is 1. The second-order valence-corrected chi connectivity index (χ2v) is 4.34. The summed E-state index contributed by atoms with van der Waals surface area (Å²) < 4.78 is 2.14. The number of likely N-dealkylation sites (N-methyl/N-ethyl adjacent to an activating group) is 1. The van der Waals surface area contributed by atoms with Crippen LogP contribution in [0.5, 0.6) is 0 Å². The van der Waals surface area contributed by atoms with E-state index in [0.717, 1.165) is 38.5 Å². The highest BCUT2D eigenvalue weighted by atomic mass is 15.3. The van der Waals surface area contributed by atoms with E-state index in [0.29, 0.717) is 6.04 Å². The van der Waals surface area contributed by atoms with Crippen LogP contribution in [0, 0.1) is 0 Å². The lowest BCUT2D eigenvalue weighted by Gasteiger charge is -2.30. The molecule has 0 saturated carbocycles. The van der Waals surface area contributed by atoms with Crippen molar-refractivity contribution in [1.29, 1.82) is 0 Å². The standard InChI is InChI=1S/C11H21N5/c1-3-10(12-4-2)7-15-5-6-16-9-13-14-11(16)8-15/h9-10,12H,3-8H2,1-2H3. The molecule has 90 valence electrons. The molecule has 0 saturated heterocycles. The molecule has 5 nitrogen and oxygen atoms in total. The second-order valence-electron chi connectivity index (χ2n) is 4.34. The van der Waals surface area contributed by atoms with Gasteiger partial charge in [-0.15, -0.1) is 10.2 Å². The van der Waals surface area contributed by atoms with Crippen LogP contribution in [0.2, 0.25) is 0 Å². The van der Waals surface area contributed by atoms with Crippen LogP contribution in [0.25, 0.3) is 0 Å². The van der Waals surface area contributed by atoms with E-state index in [4.69, 9.17) is 0 Å². The SMILES string of the molecule is CCNC(CC)CN1CCn2cnnc2C1. The Bertz CT molecular complexity index is 322. The molecule has 0 amide bonds. The highest BCUT2D eigenvalue weighted by Gasteiger charge is 2.19. The Hall–Kier alpha value is -0.940. The van der Waals surface area contributed by atoms with Crippen molar-refractivity contribution in [2.24, 2.45) is 0 Å². The first-order chi connectivity index (χ1) is 7.83. The van der Waals surface area contributed by atoms with Crippen molar-refractivity contribution in [3.63, 3.8) is 0 Å². The maximum atomic E-state index is 4.14. The molecule has 1 N–H and O–H groups in total. The average molecular weight is 223 g/mol. The Labute approximate surface area is 96.8 Å². The van der Waals surface area contributed by atoms with E-state index in [1.54, 1.807) is 0 Å². The Morgan fingerprint density at radius 2 is 2.31 bits per heavy atom. The van der Waals surface area contributed by atoms with E-state index in [1.807, 2.05) is 6.33 Å². The zero-order valence-electron chi connectivity index (χ0n) is 10.2. The molecule has 0 aromatic carbocycles. The predicted octanol–water partition coefficient (Wildman–Crippen LogP) is 0.482. The molecule has 1 aromatic rings. The van der Waals surface area contributed by atoms with E-state index in [2.05, 4.69) is 38.8 Å². The van der Waals surface area contributed by atoms with Gasteiger partial charge in [-0.3, -0.25) is 4.90 Å². The van der Waals surface area contributed by atoms with Gasteiger partial charge in [-0.05, 0) is 13.0 Å². The van der Waals surface area contributed by atoms with Gasteiger partial charge in [0.05, 0.1) is 6.54 Å². The first kappa shape index (κ1) is 11.5. The Kier molecular flexibility index (Phi) is 3.90. The van der Waals surface area contributed by atoms with Gasteiger partial charge < -0.3 is 9.88 Å². The zero-order chi connectivity index (χ0) is 11.4. The molecule has 0 aliphatic carbocycles. The molecule has 0 spiro atoms. The molecule has 1 aromatic heterocycles. The molecule has 2 heterocycles. The van der Waals surface area contributed by atoms with Crippen molar-refractivity contribution < 1.29 is 0 Å². The van der Waals surface area contributed by atoms with E-state index in [-0.39, 0.29) is 0 Å². The van der Waals surface area contributed by atoms with Crippen molar-refractivity contribution in [2.75, 3.05) is 19.6 Å². The largest absolute Gasteiger partial charge is 0.315 e. The van der Waals surface area contributed by atoms with Crippen molar-refractivity contribution >= 4 is 0 Å². The van der Waals surface area contributed by atoms with Gasteiger partial charge in [0.1, 0.15) is 12.2 Å². The van der Waals surface area contributed by atoms with Gasteiger partial charge >= 0.3 is 0 Å². The minimum atomic E-state index is 0.597. The topological polar surface area (TPSA) is 46.0 Å². The summed E-state index contributed by atoms with van der Waals surface area (Å²) in [7, 11) is 0. The maximum absolute atomic E-state index is 4.14. The van der Waals surface area contributed by atoms with Crippen molar-refractivity contribution in [3.8, 4) is 0 Å². The summed E-state index contributed by atoms with van der Waals surface area (Å²) in [6.45, 7) is 9.61. The van der Waals surface area contributed by atoms with E-state index in [9.17, 15) is 0 Å². The smallest absolute Gasteiger partial charge is 0.147 e. The molecule has 16 heavy (non-hydrogen) atoms. The summed E-state index contributed by atoms with van der Waals surface area (Å²) >= 11 is 0. The van der Waals surface area contributed by atoms with Crippen LogP contribution in [-0.2, 0) is 13.1 Å². The van der Waals surface area contributed by atoms with E-state index in [1.165, 1.54) is 6.42 Å². The average Bonchev–Trinajstić information content (AvgIpc) is 2.75. The number of rotatable bonds is 5. The fourth-order valence-corrected chi connectivity index (χ4v) is 2.21. The third kappa shape index (κ3) is 2.59. The number of nitrogens with one attached hydrogen (secondary N) is 1. The van der Waals surface area contributed by atoms with Gasteiger partial charge in [0.25, 0.3) is 0 Å². The molecule has 0 bridgehead atoms. The van der Waals surface area contributed by atoms with Crippen LogP contribution in [0.4, 0.5) is 0 Å². The third-order valence-electron chi connectivity index (χ3n) is 3.18. The lowest BCUT2D eigenvalue weighted by molar-refractivity contribution is 0.193. The van der Waals surface area contributed by atoms with Crippen LogP contribution in [0.3, 0.4) is 0 Å². The van der Waals surface area contributed by atoms with Gasteiger partial charge in [0.15, 0.2) is 0 Å². The molecule has 0 radical (unpaired) electrons. The number of fused-ring (bicyclic) bond motifs is 1. The first-order valence-electron chi connectivity index (χ1n) is 6.16. The van der Waals surface area contributed by atoms with Gasteiger partial charge in [0, 0.05) is 25.7 Å². The Balaban J connectivity index is 1.88. The Morgan fingerprint density at radius 1 is 1.44 bits per heavy atom. The molecular formula is C11H21N5. The van der Waals surface area contributed by atoms with Gasteiger partial charge in [-0.25, -0.2) is 0 Å². The molecular weight excluding hydrogens is 202 g/mol. The zero-order valence-corrected chi connectivity index (χ0v) is 10.2. The molecule has 2 rings (SSSR count). The Morgan fingerprint density at radius 3 is 3.06 bits per heavy atom. The minimum Gasteiger partial charge on any atom is -0.315 e. The highest BCUT2D eigenvalue weighted by Crippen LogP contribution is 2.09. The summed E-state index contributed by atoms with van der Waals surface area (Å²) in [6.07, 6.45) is 3.01. The number of hydrogen-bond acceptors (Lipinski definition) is 4. The van der Waals surface area contributed by atoms with Gasteiger partial charge in [-0.2, -0.15) is 0 Å². The monoisotopic (exact) mass is 223 g/mol. The third-order valence-corrected chi connectivity index (χ3v) is 3.18. The van der Waals surface area contributed by atoms with E-state index >= 15 is 0 Å². The lowest BCUT2D eigenvalue weighted by Crippen LogP contribution is -2.43. The van der Waals surface area contributed by atoms with Crippen molar-refractivity contribution in [2.45, 2.75) is 39.4 Å². The molecule has 5 heteroatoms. The summed E-state index contributed by atoms with van der Waals surface area (Å²) in [5, 5.41) is 11.6. The normalized spacial score (nSPS) is 18.4. The number of aromatic nitrogens is 3. The second kappa shape index (κ2) is 5.41. The first-order valence-corrected chi connectivity index (χ1v) is 6.16. The fraction of sp³-hybridized carbons (Fsp3) is 0.818. The molecule has 1 unspecified atom stereocenters. The van der Waals surface area contributed by atoms with Crippen LogP contribution in [0.15, 0.2) is 6.33 Å². The lowest BCUT2D eigenvalue weighted by atomic mass is 10.2. The van der Waals surface area contributed by atoms with Crippen LogP contribution in [0.1, 0.15) is 26.1 Å². The van der Waals surface area contributed by atoms with E-state index < -0.39 is 0 Å². The molecule has 1 aliphatic rings. The minimum absolute atomic E-state index is 0.597. The van der Waals surface area contributed by atoms with Gasteiger partial charge in [-0.1, -0.05) is 13.8 Å². The number of nitrogens with zero attached hydrogens (tertiary/aromatic N) is 4. The maximum Gasteiger partial charge on any atom is 0.147 e. The fourth-order valence-electron chi connectivity index (χ4n) is 2.21. The van der Waals surface area contributed by atoms with Crippen LogP contribution in [-0.4, -0.2) is 45.3 Å². The predicted molar refractivity (Wildman–Crippen MR) is 63.1 cm³/mol. The van der Waals surface area contributed by atoms with Gasteiger partial charge in [0.2, 0.25) is 0 Å². The summed E-state index contributed by atoms with van der Waals surface area (Å²) in [6, 6.07) is 0.597. The summed E-state index contributed by atoms with van der Waals surface area (Å²) in [4.78, 5) is 2.46. The van der Waals surface area contributed by atoms with Crippen molar-refractivity contribution in [1.82, 2.24) is 25.0 Å². The molecule has 1 atom stereocenters. The van der Waals surface area contributed by atoms with Crippen molar-refractivity contribution in [3.05, 3.63) is 12.2 Å². The van der Waals surface area contributed by atoms with Crippen LogP contribution >= 0.6 is 0 Å². The molecule has 0 fully saturated rings. The highest BCUT2D eigenvalue weighted by molar-refractivity contribution is 4.90. The van der Waals surface area contributed by atoms with Crippen LogP contribution < -0.4 is 5.32 Å². The molecule has 1 aliphatic heterocycles. The summed E-state index contributed by atoms with van der Waals surface area (Å²) in [5.74, 6) is 1.10.